The summed E-state index contributed by atoms with van der Waals surface area (Å²) in [5.74, 6) is -0.687. The van der Waals surface area contributed by atoms with Gasteiger partial charge in [-0.25, -0.2) is 0 Å². The van der Waals surface area contributed by atoms with Gasteiger partial charge in [-0.05, 0) is 18.0 Å². The number of carbonyl (C=O) groups is 1. The van der Waals surface area contributed by atoms with Crippen LogP contribution in [0, 0.1) is 0 Å². The summed E-state index contributed by atoms with van der Waals surface area (Å²) in [6.45, 7) is 1.23. The topological polar surface area (TPSA) is 57.2 Å². The summed E-state index contributed by atoms with van der Waals surface area (Å²) in [6.07, 6.45) is 0. The highest BCUT2D eigenvalue weighted by molar-refractivity contribution is 7.79. The van der Waals surface area contributed by atoms with Crippen molar-refractivity contribution < 1.29 is 13.6 Å². The highest BCUT2D eigenvalue weighted by Gasteiger charge is 1.87. The van der Waals surface area contributed by atoms with Crippen molar-refractivity contribution in [3.8, 4) is 0 Å². The van der Waals surface area contributed by atoms with E-state index >= 15 is 0 Å². The van der Waals surface area contributed by atoms with Gasteiger partial charge in [-0.1, -0.05) is 0 Å². The van der Waals surface area contributed by atoms with E-state index in [1.165, 1.54) is 6.92 Å². The minimum Gasteiger partial charge on any atom is -0.772 e. The Hall–Kier alpha value is -0.220. The van der Waals surface area contributed by atoms with E-state index in [9.17, 15) is 13.6 Å². The summed E-state index contributed by atoms with van der Waals surface area (Å²) in [6, 6.07) is 0. The lowest BCUT2D eigenvalue weighted by Crippen LogP contribution is -2.04. The van der Waals surface area contributed by atoms with Crippen molar-refractivity contribution in [1.82, 2.24) is 0 Å². The Kier molecular flexibility index (Phi) is 2.78. The molecule has 0 saturated heterocycles. The SMILES string of the molecule is CC(=O)CS(=O)[O-]. The molecule has 0 fully saturated rings. The zero-order valence-electron chi connectivity index (χ0n) is 3.84. The van der Waals surface area contributed by atoms with Crippen LogP contribution >= 0.6 is 0 Å². The maximum absolute atomic E-state index is 9.86. The van der Waals surface area contributed by atoms with Crippen molar-refractivity contribution in [1.29, 1.82) is 0 Å². The number of carbonyl (C=O) groups excluding carboxylic acids is 1. The zero-order valence-corrected chi connectivity index (χ0v) is 4.66. The molecule has 0 aliphatic heterocycles. The van der Waals surface area contributed by atoms with Crippen molar-refractivity contribution in [2.24, 2.45) is 0 Å². The monoisotopic (exact) mass is 121 g/mol. The van der Waals surface area contributed by atoms with Crippen LogP contribution in [0.1, 0.15) is 6.92 Å². The van der Waals surface area contributed by atoms with Crippen molar-refractivity contribution >= 4 is 16.9 Å². The molecule has 0 spiro atoms. The molecule has 3 nitrogen and oxygen atoms in total. The van der Waals surface area contributed by atoms with E-state index in [1.807, 2.05) is 0 Å². The summed E-state index contributed by atoms with van der Waals surface area (Å²) >= 11 is -2.20. The van der Waals surface area contributed by atoms with Gasteiger partial charge in [0.2, 0.25) is 0 Å². The predicted molar refractivity (Wildman–Crippen MR) is 24.5 cm³/mol. The summed E-state index contributed by atoms with van der Waals surface area (Å²) in [7, 11) is 0. The average molecular weight is 121 g/mol. The minimum absolute atomic E-state index is 0.326. The molecule has 7 heavy (non-hydrogen) atoms. The Balaban J connectivity index is 3.32. The van der Waals surface area contributed by atoms with Crippen molar-refractivity contribution in [2.75, 3.05) is 5.75 Å². The van der Waals surface area contributed by atoms with Crippen LogP contribution in [0.4, 0.5) is 0 Å². The summed E-state index contributed by atoms with van der Waals surface area (Å²) in [4.78, 5) is 9.86. The molecule has 0 aliphatic rings. The molecular formula is C3H5O3S-. The Morgan fingerprint density at radius 2 is 2.29 bits per heavy atom. The van der Waals surface area contributed by atoms with E-state index in [1.54, 1.807) is 0 Å². The number of ketones is 1. The van der Waals surface area contributed by atoms with E-state index < -0.39 is 11.1 Å². The molecule has 0 aromatic heterocycles. The lowest BCUT2D eigenvalue weighted by Gasteiger charge is -1.97. The maximum Gasteiger partial charge on any atom is 0.141 e. The Bertz CT molecular complexity index is 86.4. The molecule has 0 bridgehead atoms. The quantitative estimate of drug-likeness (QED) is 0.461. The Labute approximate surface area is 44.0 Å². The van der Waals surface area contributed by atoms with Gasteiger partial charge in [0.05, 0.1) is 5.75 Å². The third kappa shape index (κ3) is 5.78. The molecule has 0 aliphatic carbocycles. The van der Waals surface area contributed by atoms with Crippen LogP contribution in [-0.4, -0.2) is 20.3 Å². The molecule has 0 amide bonds. The smallest absolute Gasteiger partial charge is 0.141 e. The van der Waals surface area contributed by atoms with Crippen LogP contribution in [0.3, 0.4) is 0 Å². The second kappa shape index (κ2) is 2.87. The van der Waals surface area contributed by atoms with Crippen molar-refractivity contribution in [3.63, 3.8) is 0 Å². The summed E-state index contributed by atoms with van der Waals surface area (Å²) in [5, 5.41) is 0. The Morgan fingerprint density at radius 3 is 2.29 bits per heavy atom. The fourth-order valence-corrected chi connectivity index (χ4v) is 0.498. The normalized spacial score (nSPS) is 13.4. The van der Waals surface area contributed by atoms with E-state index in [0.29, 0.717) is 0 Å². The number of rotatable bonds is 2. The molecule has 0 aromatic carbocycles. The van der Waals surface area contributed by atoms with Crippen LogP contribution in [-0.2, 0) is 15.9 Å². The maximum atomic E-state index is 9.86. The first-order valence-corrected chi connectivity index (χ1v) is 2.92. The van der Waals surface area contributed by atoms with Crippen LogP contribution in [0.2, 0.25) is 0 Å². The second-order valence-corrected chi connectivity index (χ2v) is 2.05. The molecule has 4 heteroatoms. The van der Waals surface area contributed by atoms with Gasteiger partial charge in [0.15, 0.2) is 0 Å². The van der Waals surface area contributed by atoms with Gasteiger partial charge < -0.3 is 4.55 Å². The zero-order chi connectivity index (χ0) is 5.86. The first-order chi connectivity index (χ1) is 3.13. The lowest BCUT2D eigenvalue weighted by molar-refractivity contribution is -0.114. The molecule has 1 atom stereocenters. The van der Waals surface area contributed by atoms with Gasteiger partial charge in [-0.15, -0.1) is 0 Å². The second-order valence-electron chi connectivity index (χ2n) is 1.15. The van der Waals surface area contributed by atoms with Gasteiger partial charge in [0, 0.05) is 0 Å². The van der Waals surface area contributed by atoms with Gasteiger partial charge in [0.1, 0.15) is 5.78 Å². The molecular weight excluding hydrogens is 116 g/mol. The van der Waals surface area contributed by atoms with Gasteiger partial charge in [0.25, 0.3) is 0 Å². The minimum atomic E-state index is -2.20. The van der Waals surface area contributed by atoms with Crippen LogP contribution in [0.5, 0.6) is 0 Å². The molecule has 0 aromatic rings. The molecule has 0 saturated carbocycles. The summed E-state index contributed by atoms with van der Waals surface area (Å²) < 4.78 is 19.2. The van der Waals surface area contributed by atoms with E-state index in [4.69, 9.17) is 0 Å². The van der Waals surface area contributed by atoms with E-state index in [-0.39, 0.29) is 11.5 Å². The number of hydrogen-bond donors (Lipinski definition) is 0. The largest absolute Gasteiger partial charge is 0.772 e. The third-order valence-electron chi connectivity index (χ3n) is 0.321. The first kappa shape index (κ1) is 6.78. The van der Waals surface area contributed by atoms with Crippen molar-refractivity contribution in [2.45, 2.75) is 6.92 Å². The number of hydrogen-bond acceptors (Lipinski definition) is 3. The predicted octanol–water partition coefficient (Wildman–Crippen LogP) is -0.545. The van der Waals surface area contributed by atoms with Crippen LogP contribution in [0.15, 0.2) is 0 Å². The molecule has 0 rings (SSSR count). The van der Waals surface area contributed by atoms with E-state index in [0.717, 1.165) is 0 Å². The Morgan fingerprint density at radius 1 is 1.86 bits per heavy atom. The molecule has 42 valence electrons. The van der Waals surface area contributed by atoms with Crippen LogP contribution in [0.25, 0.3) is 0 Å². The lowest BCUT2D eigenvalue weighted by atomic mass is 10.5. The highest BCUT2D eigenvalue weighted by Crippen LogP contribution is 1.72. The molecule has 1 unspecified atom stereocenters. The van der Waals surface area contributed by atoms with Gasteiger partial charge in [-0.2, -0.15) is 0 Å². The average Bonchev–Trinajstić information content (AvgIpc) is 1.27. The van der Waals surface area contributed by atoms with Crippen LogP contribution < -0.4 is 0 Å². The third-order valence-corrected chi connectivity index (χ3v) is 0.963. The number of Topliss-reactive ketones (excluding diaryl/α,β-unsaturated/α-hetero) is 1. The fraction of sp³-hybridized carbons (Fsp3) is 0.667. The van der Waals surface area contributed by atoms with Gasteiger partial charge >= 0.3 is 0 Å². The van der Waals surface area contributed by atoms with Gasteiger partial charge in [-0.3, -0.25) is 9.00 Å². The fourth-order valence-electron chi connectivity index (χ4n) is 0.166. The van der Waals surface area contributed by atoms with Crippen molar-refractivity contribution in [3.05, 3.63) is 0 Å². The summed E-state index contributed by atoms with van der Waals surface area (Å²) in [5.41, 5.74) is 0. The molecule has 0 radical (unpaired) electrons. The molecule has 0 heterocycles. The standard InChI is InChI=1S/C3H6O3S/c1-3(4)2-7(5)6/h2H2,1H3,(H,5,6)/p-1. The van der Waals surface area contributed by atoms with E-state index in [2.05, 4.69) is 0 Å². The highest BCUT2D eigenvalue weighted by atomic mass is 32.2. The molecule has 0 N–H and O–H groups in total. The first-order valence-electron chi connectivity index (χ1n) is 1.68.